The van der Waals surface area contributed by atoms with Gasteiger partial charge in [0.25, 0.3) is 0 Å². The number of anilines is 1. The standard InChI is InChI=1S/C21H19N3O4S/c1-12(20(25)24-13-8-9-16(26-2)17(10-13)27-3)29-21-19-18(22-11-23-21)14-6-4-5-7-15(14)28-19/h4-12H,1-3H3,(H,24,25)/t12-/m0/s1. The smallest absolute Gasteiger partial charge is 0.237 e. The predicted octanol–water partition coefficient (Wildman–Crippen LogP) is 4.51. The van der Waals surface area contributed by atoms with Crippen LogP contribution >= 0.6 is 11.8 Å². The minimum absolute atomic E-state index is 0.162. The lowest BCUT2D eigenvalue weighted by Gasteiger charge is -2.13. The Labute approximate surface area is 171 Å². The number of methoxy groups -OCH3 is 2. The Morgan fingerprint density at radius 2 is 1.90 bits per heavy atom. The van der Waals surface area contributed by atoms with Crippen molar-refractivity contribution < 1.29 is 18.7 Å². The molecule has 1 atom stereocenters. The van der Waals surface area contributed by atoms with Crippen molar-refractivity contribution in [2.45, 2.75) is 17.2 Å². The van der Waals surface area contributed by atoms with Crippen molar-refractivity contribution in [3.8, 4) is 11.5 Å². The number of carbonyl (C=O) groups excluding carboxylic acids is 1. The monoisotopic (exact) mass is 409 g/mol. The van der Waals surface area contributed by atoms with E-state index in [2.05, 4.69) is 15.3 Å². The van der Waals surface area contributed by atoms with Gasteiger partial charge in [0.1, 0.15) is 22.5 Å². The summed E-state index contributed by atoms with van der Waals surface area (Å²) in [4.78, 5) is 21.4. The Balaban J connectivity index is 1.55. The van der Waals surface area contributed by atoms with Gasteiger partial charge in [0.15, 0.2) is 17.1 Å². The number of rotatable bonds is 6. The molecule has 0 aliphatic heterocycles. The highest BCUT2D eigenvalue weighted by molar-refractivity contribution is 8.00. The molecule has 0 aliphatic rings. The fourth-order valence-corrected chi connectivity index (χ4v) is 3.82. The van der Waals surface area contributed by atoms with Crippen LogP contribution in [0.25, 0.3) is 22.1 Å². The molecule has 0 bridgehead atoms. The molecule has 29 heavy (non-hydrogen) atoms. The van der Waals surface area contributed by atoms with E-state index in [1.54, 1.807) is 32.4 Å². The van der Waals surface area contributed by atoms with Gasteiger partial charge in [-0.1, -0.05) is 23.9 Å². The molecule has 1 N–H and O–H groups in total. The number of nitrogens with one attached hydrogen (secondary N) is 1. The van der Waals surface area contributed by atoms with Crippen LogP contribution in [0.4, 0.5) is 5.69 Å². The molecule has 4 aromatic rings. The lowest BCUT2D eigenvalue weighted by atomic mass is 10.2. The van der Waals surface area contributed by atoms with Crippen LogP contribution in [0.5, 0.6) is 11.5 Å². The molecule has 4 rings (SSSR count). The van der Waals surface area contributed by atoms with Crippen LogP contribution in [-0.2, 0) is 4.79 Å². The average molecular weight is 409 g/mol. The number of fused-ring (bicyclic) bond motifs is 3. The van der Waals surface area contributed by atoms with Gasteiger partial charge < -0.3 is 19.2 Å². The minimum Gasteiger partial charge on any atom is -0.493 e. The topological polar surface area (TPSA) is 86.5 Å². The highest BCUT2D eigenvalue weighted by Gasteiger charge is 2.20. The van der Waals surface area contributed by atoms with E-state index in [4.69, 9.17) is 13.9 Å². The van der Waals surface area contributed by atoms with Crippen LogP contribution in [0.2, 0.25) is 0 Å². The summed E-state index contributed by atoms with van der Waals surface area (Å²) in [6.07, 6.45) is 1.49. The molecular formula is C21H19N3O4S. The SMILES string of the molecule is COc1ccc(NC(=O)[C@H](C)Sc2ncnc3c2oc2ccccc23)cc1OC. The van der Waals surface area contributed by atoms with Gasteiger partial charge in [-0.15, -0.1) is 0 Å². The van der Waals surface area contributed by atoms with E-state index < -0.39 is 5.25 Å². The zero-order valence-electron chi connectivity index (χ0n) is 16.1. The number of hydrogen-bond acceptors (Lipinski definition) is 7. The Morgan fingerprint density at radius 1 is 1.10 bits per heavy atom. The molecule has 0 saturated carbocycles. The number of amides is 1. The molecule has 7 nitrogen and oxygen atoms in total. The summed E-state index contributed by atoms with van der Waals surface area (Å²) < 4.78 is 16.4. The van der Waals surface area contributed by atoms with Crippen molar-refractivity contribution in [3.63, 3.8) is 0 Å². The van der Waals surface area contributed by atoms with Gasteiger partial charge in [0, 0.05) is 17.1 Å². The van der Waals surface area contributed by atoms with Crippen LogP contribution in [0.3, 0.4) is 0 Å². The van der Waals surface area contributed by atoms with Crippen molar-refractivity contribution in [2.24, 2.45) is 0 Å². The first-order chi connectivity index (χ1) is 14.1. The number of ether oxygens (including phenoxy) is 2. The van der Waals surface area contributed by atoms with E-state index in [1.807, 2.05) is 31.2 Å². The van der Waals surface area contributed by atoms with E-state index in [0.717, 1.165) is 16.5 Å². The number of thioether (sulfide) groups is 1. The first kappa shape index (κ1) is 19.1. The highest BCUT2D eigenvalue weighted by atomic mass is 32.2. The largest absolute Gasteiger partial charge is 0.493 e. The van der Waals surface area contributed by atoms with Crippen LogP contribution in [0.1, 0.15) is 6.92 Å². The number of benzene rings is 2. The second-order valence-electron chi connectivity index (χ2n) is 6.27. The third-order valence-electron chi connectivity index (χ3n) is 4.43. The lowest BCUT2D eigenvalue weighted by molar-refractivity contribution is -0.115. The summed E-state index contributed by atoms with van der Waals surface area (Å²) >= 11 is 1.32. The zero-order chi connectivity index (χ0) is 20.4. The number of carbonyl (C=O) groups is 1. The van der Waals surface area contributed by atoms with Gasteiger partial charge in [0.05, 0.1) is 19.5 Å². The minimum atomic E-state index is -0.408. The van der Waals surface area contributed by atoms with Crippen LogP contribution in [0.15, 0.2) is 58.2 Å². The summed E-state index contributed by atoms with van der Waals surface area (Å²) in [6.45, 7) is 1.82. The molecule has 0 unspecified atom stereocenters. The summed E-state index contributed by atoms with van der Waals surface area (Å²) in [7, 11) is 3.12. The summed E-state index contributed by atoms with van der Waals surface area (Å²) in [5.41, 5.74) is 2.69. The van der Waals surface area contributed by atoms with Crippen molar-refractivity contribution in [2.75, 3.05) is 19.5 Å². The van der Waals surface area contributed by atoms with Crippen LogP contribution in [0, 0.1) is 0 Å². The maximum atomic E-state index is 12.7. The van der Waals surface area contributed by atoms with Crippen molar-refractivity contribution in [3.05, 3.63) is 48.8 Å². The van der Waals surface area contributed by atoms with Gasteiger partial charge >= 0.3 is 0 Å². The molecule has 2 heterocycles. The van der Waals surface area contributed by atoms with Crippen LogP contribution in [-0.4, -0.2) is 35.3 Å². The molecule has 0 radical (unpaired) electrons. The molecule has 0 fully saturated rings. The van der Waals surface area contributed by atoms with Gasteiger partial charge in [-0.2, -0.15) is 0 Å². The number of nitrogens with zero attached hydrogens (tertiary/aromatic N) is 2. The third kappa shape index (κ3) is 3.71. The van der Waals surface area contributed by atoms with E-state index in [0.29, 0.717) is 27.8 Å². The summed E-state index contributed by atoms with van der Waals surface area (Å²) in [6, 6.07) is 12.9. The van der Waals surface area contributed by atoms with Gasteiger partial charge in [-0.25, -0.2) is 9.97 Å². The van der Waals surface area contributed by atoms with Crippen LogP contribution < -0.4 is 14.8 Å². The lowest BCUT2D eigenvalue weighted by Crippen LogP contribution is -2.22. The third-order valence-corrected chi connectivity index (χ3v) is 5.52. The maximum Gasteiger partial charge on any atom is 0.237 e. The average Bonchev–Trinajstić information content (AvgIpc) is 3.13. The molecule has 148 valence electrons. The molecule has 0 saturated heterocycles. The maximum absolute atomic E-state index is 12.7. The number of para-hydroxylation sites is 1. The number of aromatic nitrogens is 2. The summed E-state index contributed by atoms with van der Waals surface area (Å²) in [5, 5.41) is 4.04. The van der Waals surface area contributed by atoms with Gasteiger partial charge in [0.2, 0.25) is 5.91 Å². The highest BCUT2D eigenvalue weighted by Crippen LogP contribution is 2.35. The van der Waals surface area contributed by atoms with Gasteiger partial charge in [-0.3, -0.25) is 4.79 Å². The first-order valence-corrected chi connectivity index (χ1v) is 9.80. The summed E-state index contributed by atoms with van der Waals surface area (Å²) in [5.74, 6) is 0.983. The van der Waals surface area contributed by atoms with E-state index >= 15 is 0 Å². The molecule has 1 amide bonds. The predicted molar refractivity (Wildman–Crippen MR) is 113 cm³/mol. The van der Waals surface area contributed by atoms with Crippen molar-refractivity contribution in [1.29, 1.82) is 0 Å². The second-order valence-corrected chi connectivity index (χ2v) is 7.60. The Kier molecular flexibility index (Phi) is 5.26. The number of hydrogen-bond donors (Lipinski definition) is 1. The molecule has 8 heteroatoms. The normalized spacial score (nSPS) is 12.1. The first-order valence-electron chi connectivity index (χ1n) is 8.92. The van der Waals surface area contributed by atoms with Crippen molar-refractivity contribution in [1.82, 2.24) is 9.97 Å². The van der Waals surface area contributed by atoms with Gasteiger partial charge in [-0.05, 0) is 31.2 Å². The fourth-order valence-electron chi connectivity index (χ4n) is 2.97. The molecule has 2 aromatic heterocycles. The Morgan fingerprint density at radius 3 is 2.69 bits per heavy atom. The van der Waals surface area contributed by atoms with E-state index in [9.17, 15) is 4.79 Å². The Bertz CT molecular complexity index is 1190. The second kappa shape index (κ2) is 8.00. The number of furan rings is 1. The molecule has 0 aliphatic carbocycles. The quantitative estimate of drug-likeness (QED) is 0.370. The fraction of sp³-hybridized carbons (Fsp3) is 0.190. The molecule has 2 aromatic carbocycles. The Hall–Kier alpha value is -3.26. The van der Waals surface area contributed by atoms with E-state index in [1.165, 1.54) is 18.1 Å². The molecule has 0 spiro atoms. The van der Waals surface area contributed by atoms with Crippen molar-refractivity contribution >= 4 is 45.4 Å². The zero-order valence-corrected chi connectivity index (χ0v) is 16.9. The van der Waals surface area contributed by atoms with E-state index in [-0.39, 0.29) is 5.91 Å². The molecular weight excluding hydrogens is 390 g/mol.